The standard InChI is InChI=1S/C13H21Si.C5H5.2ClH.Zr/c1-3-4-8-14(9-5-10-14)13-7-6-12(2)11-13;1-2-4-5-3-1;;;/h6H,3-5,7-10H2,1-2H3;1-3H,4H2;2*1H;/q2*-1;;;+4/p-2. The average Bonchev–Trinajstić information content (AvgIpc) is 3.02. The summed E-state index contributed by atoms with van der Waals surface area (Å²) in [7, 11) is -0.919. The molecule has 0 saturated carbocycles. The SMILES string of the molecule is CCCC[Si]1(C2=[C-]C(C)=CC2)CCC1.[C-]1=CC=CC1.[Cl-].[Cl-].[Zr+4]. The Hall–Kier alpha value is 0.640. The van der Waals surface area contributed by atoms with Gasteiger partial charge in [-0.3, -0.25) is 12.2 Å². The Labute approximate surface area is 169 Å². The zero-order valence-electron chi connectivity index (χ0n) is 13.7. The topological polar surface area (TPSA) is 0 Å². The second-order valence-electron chi connectivity index (χ2n) is 5.94. The maximum atomic E-state index is 3.64. The molecule has 0 nitrogen and oxygen atoms in total. The van der Waals surface area contributed by atoms with Crippen molar-refractivity contribution < 1.29 is 51.0 Å². The van der Waals surface area contributed by atoms with E-state index in [9.17, 15) is 0 Å². The summed E-state index contributed by atoms with van der Waals surface area (Å²) in [4.78, 5) is 0. The fourth-order valence-electron chi connectivity index (χ4n) is 3.11. The second-order valence-corrected chi connectivity index (χ2v) is 10.6. The van der Waals surface area contributed by atoms with Crippen molar-refractivity contribution in [2.75, 3.05) is 0 Å². The van der Waals surface area contributed by atoms with E-state index >= 15 is 0 Å². The van der Waals surface area contributed by atoms with Crippen molar-refractivity contribution in [1.29, 1.82) is 0 Å². The minimum absolute atomic E-state index is 0. The van der Waals surface area contributed by atoms with Crippen LogP contribution in [0.25, 0.3) is 0 Å². The number of allylic oxidation sites excluding steroid dienone is 8. The van der Waals surface area contributed by atoms with Crippen molar-refractivity contribution in [2.24, 2.45) is 0 Å². The molecule has 3 rings (SSSR count). The molecule has 1 saturated heterocycles. The molecule has 0 aromatic rings. The summed E-state index contributed by atoms with van der Waals surface area (Å²) in [6.07, 6.45) is 21.6. The van der Waals surface area contributed by atoms with E-state index in [0.29, 0.717) is 0 Å². The summed E-state index contributed by atoms with van der Waals surface area (Å²) in [5.41, 5.74) is 1.40. The van der Waals surface area contributed by atoms with Crippen LogP contribution in [0, 0.1) is 12.2 Å². The molecule has 1 heterocycles. The zero-order chi connectivity index (χ0) is 13.6. The van der Waals surface area contributed by atoms with Crippen LogP contribution in [-0.2, 0) is 26.2 Å². The first-order valence-electron chi connectivity index (χ1n) is 7.79. The third-order valence-corrected chi connectivity index (χ3v) is 10.0. The second kappa shape index (κ2) is 13.0. The van der Waals surface area contributed by atoms with E-state index in [1.807, 2.05) is 12.2 Å². The van der Waals surface area contributed by atoms with Crippen molar-refractivity contribution in [3.63, 3.8) is 0 Å². The molecule has 120 valence electrons. The van der Waals surface area contributed by atoms with Crippen LogP contribution < -0.4 is 24.8 Å². The molecule has 0 aromatic carbocycles. The minimum atomic E-state index is -0.919. The Morgan fingerprint density at radius 3 is 2.27 bits per heavy atom. The van der Waals surface area contributed by atoms with Gasteiger partial charge in [0, 0.05) is 0 Å². The molecule has 1 aliphatic heterocycles. The van der Waals surface area contributed by atoms with Gasteiger partial charge in [0.05, 0.1) is 8.07 Å². The smallest absolute Gasteiger partial charge is 1.00 e. The molecule has 4 heteroatoms. The van der Waals surface area contributed by atoms with E-state index in [1.165, 1.54) is 31.3 Å². The molecule has 0 aromatic heterocycles. The molecule has 0 spiro atoms. The van der Waals surface area contributed by atoms with Crippen LogP contribution in [-0.4, -0.2) is 8.07 Å². The van der Waals surface area contributed by atoms with Crippen LogP contribution in [0.2, 0.25) is 18.1 Å². The van der Waals surface area contributed by atoms with Crippen LogP contribution in [0.1, 0.15) is 46.0 Å². The molecule has 0 N–H and O–H groups in total. The molecule has 2 aliphatic carbocycles. The predicted molar refractivity (Wildman–Crippen MR) is 86.4 cm³/mol. The fraction of sp³-hybridized carbons (Fsp3) is 0.556. The van der Waals surface area contributed by atoms with E-state index in [-0.39, 0.29) is 51.0 Å². The first-order chi connectivity index (χ1) is 9.27. The number of hydrogen-bond donors (Lipinski definition) is 0. The Kier molecular flexibility index (Phi) is 14.7. The summed E-state index contributed by atoms with van der Waals surface area (Å²) in [6, 6.07) is 4.68. The number of unbranched alkanes of at least 4 members (excludes halogenated alkanes) is 1. The molecule has 1 fully saturated rings. The van der Waals surface area contributed by atoms with Gasteiger partial charge in [-0.05, 0) is 0 Å². The van der Waals surface area contributed by atoms with Gasteiger partial charge in [0.2, 0.25) is 0 Å². The monoisotopic (exact) mass is 430 g/mol. The molecular weight excluding hydrogens is 406 g/mol. The van der Waals surface area contributed by atoms with Crippen LogP contribution in [0.15, 0.2) is 35.1 Å². The molecular formula is C18H26Cl2SiZr. The molecule has 0 bridgehead atoms. The van der Waals surface area contributed by atoms with Crippen molar-refractivity contribution in [2.45, 2.75) is 64.1 Å². The van der Waals surface area contributed by atoms with Gasteiger partial charge in [0.15, 0.2) is 0 Å². The quantitative estimate of drug-likeness (QED) is 0.418. The van der Waals surface area contributed by atoms with Crippen molar-refractivity contribution in [3.05, 3.63) is 47.2 Å². The van der Waals surface area contributed by atoms with Crippen LogP contribution in [0.5, 0.6) is 0 Å². The predicted octanol–water partition coefficient (Wildman–Crippen LogP) is -0.431. The normalized spacial score (nSPS) is 19.4. The van der Waals surface area contributed by atoms with Crippen molar-refractivity contribution in [1.82, 2.24) is 0 Å². The number of rotatable bonds is 4. The zero-order valence-corrected chi connectivity index (χ0v) is 18.7. The first-order valence-corrected chi connectivity index (χ1v) is 10.4. The number of hydrogen-bond acceptors (Lipinski definition) is 0. The van der Waals surface area contributed by atoms with Crippen LogP contribution >= 0.6 is 0 Å². The third kappa shape index (κ3) is 7.04. The Morgan fingerprint density at radius 2 is 1.95 bits per heavy atom. The molecule has 0 radical (unpaired) electrons. The van der Waals surface area contributed by atoms with Crippen molar-refractivity contribution >= 4 is 8.07 Å². The van der Waals surface area contributed by atoms with Crippen LogP contribution in [0.3, 0.4) is 0 Å². The molecule has 3 aliphatic rings. The van der Waals surface area contributed by atoms with Gasteiger partial charge in [-0.1, -0.05) is 51.2 Å². The van der Waals surface area contributed by atoms with Crippen LogP contribution in [0.4, 0.5) is 0 Å². The maximum absolute atomic E-state index is 3.64. The first kappa shape index (κ1) is 24.9. The Morgan fingerprint density at radius 1 is 1.23 bits per heavy atom. The van der Waals surface area contributed by atoms with Gasteiger partial charge >= 0.3 is 26.2 Å². The maximum Gasteiger partial charge on any atom is 4.00 e. The number of halogens is 2. The molecule has 0 unspecified atom stereocenters. The van der Waals surface area contributed by atoms with E-state index in [2.05, 4.69) is 38.2 Å². The van der Waals surface area contributed by atoms with E-state index in [1.54, 1.807) is 23.3 Å². The Balaban J connectivity index is 0. The van der Waals surface area contributed by atoms with E-state index < -0.39 is 8.07 Å². The largest absolute Gasteiger partial charge is 4.00 e. The summed E-state index contributed by atoms with van der Waals surface area (Å²) in [5, 5.41) is 1.76. The third-order valence-electron chi connectivity index (χ3n) is 4.51. The van der Waals surface area contributed by atoms with Gasteiger partial charge in [-0.2, -0.15) is 11.3 Å². The molecule has 0 atom stereocenters. The van der Waals surface area contributed by atoms with Gasteiger partial charge < -0.3 is 24.8 Å². The van der Waals surface area contributed by atoms with Crippen molar-refractivity contribution in [3.8, 4) is 0 Å². The molecule has 22 heavy (non-hydrogen) atoms. The van der Waals surface area contributed by atoms with Gasteiger partial charge in [0.25, 0.3) is 0 Å². The van der Waals surface area contributed by atoms with E-state index in [4.69, 9.17) is 0 Å². The summed E-state index contributed by atoms with van der Waals surface area (Å²) >= 11 is 0. The fourth-order valence-corrected chi connectivity index (χ4v) is 7.75. The summed E-state index contributed by atoms with van der Waals surface area (Å²) < 4.78 is 0. The Bertz CT molecular complexity index is 411. The average molecular weight is 433 g/mol. The van der Waals surface area contributed by atoms with Gasteiger partial charge in [-0.15, -0.1) is 12.8 Å². The van der Waals surface area contributed by atoms with Gasteiger partial charge in [0.1, 0.15) is 0 Å². The summed E-state index contributed by atoms with van der Waals surface area (Å²) in [6.45, 7) is 4.52. The minimum Gasteiger partial charge on any atom is -1.00 e. The summed E-state index contributed by atoms with van der Waals surface area (Å²) in [5.74, 6) is 0. The van der Waals surface area contributed by atoms with Gasteiger partial charge in [-0.25, -0.2) is 23.8 Å². The molecule has 0 amide bonds. The van der Waals surface area contributed by atoms with E-state index in [0.717, 1.165) is 6.42 Å².